The first kappa shape index (κ1) is 16.5. The third kappa shape index (κ3) is 4.32. The van der Waals surface area contributed by atoms with Crippen LogP contribution in [0.1, 0.15) is 11.3 Å². The van der Waals surface area contributed by atoms with E-state index in [2.05, 4.69) is 0 Å². The molecule has 6 heteroatoms. The largest absolute Gasteiger partial charge is 0.467 e. The number of furan rings is 1. The Balaban J connectivity index is 2.11. The maximum Gasteiger partial charge on any atom is 0.227 e. The molecule has 0 bridgehead atoms. The van der Waals surface area contributed by atoms with Gasteiger partial charge in [-0.3, -0.25) is 4.79 Å². The first-order valence-corrected chi connectivity index (χ1v) is 7.21. The lowest BCUT2D eigenvalue weighted by Gasteiger charge is -2.21. The SMILES string of the molecule is COCCN(Cc1ccco1)C(=O)Cc1c(F)cccc1Cl. The van der Waals surface area contributed by atoms with Crippen molar-refractivity contribution in [1.29, 1.82) is 0 Å². The predicted octanol–water partition coefficient (Wildman–Crippen LogP) is 3.29. The van der Waals surface area contributed by atoms with E-state index in [1.165, 1.54) is 12.1 Å². The zero-order valence-electron chi connectivity index (χ0n) is 12.2. The summed E-state index contributed by atoms with van der Waals surface area (Å²) in [6.07, 6.45) is 1.44. The van der Waals surface area contributed by atoms with Crippen molar-refractivity contribution in [2.45, 2.75) is 13.0 Å². The number of hydrogen-bond donors (Lipinski definition) is 0. The fraction of sp³-hybridized carbons (Fsp3) is 0.312. The molecule has 4 nitrogen and oxygen atoms in total. The van der Waals surface area contributed by atoms with Gasteiger partial charge in [-0.2, -0.15) is 0 Å². The van der Waals surface area contributed by atoms with Crippen LogP contribution >= 0.6 is 11.6 Å². The molecular weight excluding hydrogens is 309 g/mol. The Kier molecular flexibility index (Phi) is 5.98. The zero-order chi connectivity index (χ0) is 15.9. The van der Waals surface area contributed by atoms with Crippen molar-refractivity contribution in [3.8, 4) is 0 Å². The van der Waals surface area contributed by atoms with Gasteiger partial charge in [-0.1, -0.05) is 17.7 Å². The monoisotopic (exact) mass is 325 g/mol. The second-order valence-electron chi connectivity index (χ2n) is 4.76. The molecule has 1 heterocycles. The van der Waals surface area contributed by atoms with Gasteiger partial charge in [0, 0.05) is 24.2 Å². The van der Waals surface area contributed by atoms with E-state index in [9.17, 15) is 9.18 Å². The van der Waals surface area contributed by atoms with Crippen LogP contribution in [-0.2, 0) is 22.5 Å². The van der Waals surface area contributed by atoms with Crippen LogP contribution in [0.15, 0.2) is 41.0 Å². The highest BCUT2D eigenvalue weighted by Gasteiger charge is 2.19. The van der Waals surface area contributed by atoms with E-state index in [1.54, 1.807) is 36.5 Å². The number of carbonyl (C=O) groups is 1. The molecule has 0 N–H and O–H groups in total. The molecule has 1 amide bonds. The molecule has 2 rings (SSSR count). The lowest BCUT2D eigenvalue weighted by molar-refractivity contribution is -0.132. The van der Waals surface area contributed by atoms with Gasteiger partial charge < -0.3 is 14.1 Å². The maximum atomic E-state index is 13.8. The third-order valence-corrected chi connectivity index (χ3v) is 3.59. The number of methoxy groups -OCH3 is 1. The van der Waals surface area contributed by atoms with Gasteiger partial charge in [0.15, 0.2) is 0 Å². The molecule has 0 spiro atoms. The van der Waals surface area contributed by atoms with Crippen LogP contribution in [0.25, 0.3) is 0 Å². The number of carbonyl (C=O) groups excluding carboxylic acids is 1. The Morgan fingerprint density at radius 2 is 2.18 bits per heavy atom. The quantitative estimate of drug-likeness (QED) is 0.784. The minimum absolute atomic E-state index is 0.101. The summed E-state index contributed by atoms with van der Waals surface area (Å²) in [6, 6.07) is 7.90. The van der Waals surface area contributed by atoms with E-state index < -0.39 is 5.82 Å². The van der Waals surface area contributed by atoms with Crippen molar-refractivity contribution in [1.82, 2.24) is 4.90 Å². The summed E-state index contributed by atoms with van der Waals surface area (Å²) in [5.74, 6) is -0.0601. The Hall–Kier alpha value is -1.85. The molecule has 0 saturated heterocycles. The molecule has 1 aromatic heterocycles. The number of halogens is 2. The van der Waals surface area contributed by atoms with Gasteiger partial charge in [0.1, 0.15) is 11.6 Å². The van der Waals surface area contributed by atoms with E-state index in [0.29, 0.717) is 25.5 Å². The third-order valence-electron chi connectivity index (χ3n) is 3.23. The molecule has 0 unspecified atom stereocenters. The summed E-state index contributed by atoms with van der Waals surface area (Å²) in [4.78, 5) is 14.0. The molecule has 22 heavy (non-hydrogen) atoms. The first-order valence-electron chi connectivity index (χ1n) is 6.83. The van der Waals surface area contributed by atoms with Crippen molar-refractivity contribution >= 4 is 17.5 Å². The van der Waals surface area contributed by atoms with Gasteiger partial charge in [-0.25, -0.2) is 4.39 Å². The highest BCUT2D eigenvalue weighted by atomic mass is 35.5. The minimum Gasteiger partial charge on any atom is -0.467 e. The van der Waals surface area contributed by atoms with Crippen LogP contribution in [0.4, 0.5) is 4.39 Å². The van der Waals surface area contributed by atoms with Gasteiger partial charge in [0.05, 0.1) is 25.8 Å². The Morgan fingerprint density at radius 3 is 2.82 bits per heavy atom. The van der Waals surface area contributed by atoms with Gasteiger partial charge in [-0.15, -0.1) is 0 Å². The van der Waals surface area contributed by atoms with Crippen LogP contribution in [-0.4, -0.2) is 31.1 Å². The molecule has 0 saturated carbocycles. The molecule has 0 radical (unpaired) electrons. The van der Waals surface area contributed by atoms with E-state index >= 15 is 0 Å². The molecule has 2 aromatic rings. The highest BCUT2D eigenvalue weighted by molar-refractivity contribution is 6.31. The second-order valence-corrected chi connectivity index (χ2v) is 5.17. The summed E-state index contributed by atoms with van der Waals surface area (Å²) in [5.41, 5.74) is 0.205. The van der Waals surface area contributed by atoms with Crippen molar-refractivity contribution in [2.75, 3.05) is 20.3 Å². The normalized spacial score (nSPS) is 10.7. The number of benzene rings is 1. The molecule has 0 aliphatic rings. The van der Waals surface area contributed by atoms with Crippen molar-refractivity contribution in [3.63, 3.8) is 0 Å². The van der Waals surface area contributed by atoms with Gasteiger partial charge in [0.2, 0.25) is 5.91 Å². The first-order chi connectivity index (χ1) is 10.6. The standard InChI is InChI=1S/C16H17ClFNO3/c1-21-9-7-19(11-12-4-3-8-22-12)16(20)10-13-14(17)5-2-6-15(13)18/h2-6,8H,7,9-11H2,1H3. The Labute approximate surface area is 133 Å². The van der Waals surface area contributed by atoms with Gasteiger partial charge in [-0.05, 0) is 24.3 Å². The average Bonchev–Trinajstić information content (AvgIpc) is 3.00. The lowest BCUT2D eigenvalue weighted by Crippen LogP contribution is -2.34. The summed E-state index contributed by atoms with van der Waals surface area (Å²) in [6.45, 7) is 1.08. The number of nitrogens with zero attached hydrogens (tertiary/aromatic N) is 1. The van der Waals surface area contributed by atoms with Crippen LogP contribution in [0.2, 0.25) is 5.02 Å². The van der Waals surface area contributed by atoms with Crippen LogP contribution < -0.4 is 0 Å². The van der Waals surface area contributed by atoms with E-state index in [0.717, 1.165) is 0 Å². The lowest BCUT2D eigenvalue weighted by atomic mass is 10.1. The van der Waals surface area contributed by atoms with Gasteiger partial charge >= 0.3 is 0 Å². The molecular formula is C16H17ClFNO3. The number of hydrogen-bond acceptors (Lipinski definition) is 3. The summed E-state index contributed by atoms with van der Waals surface area (Å²) in [7, 11) is 1.56. The van der Waals surface area contributed by atoms with E-state index in [1.807, 2.05) is 0 Å². The fourth-order valence-electron chi connectivity index (χ4n) is 2.05. The van der Waals surface area contributed by atoms with Crippen LogP contribution in [0.3, 0.4) is 0 Å². The van der Waals surface area contributed by atoms with E-state index in [4.69, 9.17) is 20.8 Å². The van der Waals surface area contributed by atoms with Crippen molar-refractivity contribution in [3.05, 3.63) is 58.8 Å². The maximum absolute atomic E-state index is 13.8. The number of rotatable bonds is 7. The fourth-order valence-corrected chi connectivity index (χ4v) is 2.28. The molecule has 1 aromatic carbocycles. The zero-order valence-corrected chi connectivity index (χ0v) is 13.0. The van der Waals surface area contributed by atoms with E-state index in [-0.39, 0.29) is 22.9 Å². The minimum atomic E-state index is -0.481. The highest BCUT2D eigenvalue weighted by Crippen LogP contribution is 2.20. The molecule has 0 atom stereocenters. The number of ether oxygens (including phenoxy) is 1. The van der Waals surface area contributed by atoms with Crippen molar-refractivity contribution < 1.29 is 18.3 Å². The molecule has 118 valence electrons. The van der Waals surface area contributed by atoms with Gasteiger partial charge in [0.25, 0.3) is 0 Å². The Morgan fingerprint density at radius 1 is 1.36 bits per heavy atom. The second kappa shape index (κ2) is 7.96. The summed E-state index contributed by atoms with van der Waals surface area (Å²) in [5, 5.41) is 0.248. The van der Waals surface area contributed by atoms with Crippen LogP contribution in [0.5, 0.6) is 0 Å². The molecule has 0 fully saturated rings. The number of amides is 1. The Bertz CT molecular complexity index is 596. The topological polar surface area (TPSA) is 42.7 Å². The molecule has 0 aliphatic heterocycles. The average molecular weight is 326 g/mol. The summed E-state index contributed by atoms with van der Waals surface area (Å²) < 4.78 is 24.1. The predicted molar refractivity (Wildman–Crippen MR) is 81.1 cm³/mol. The molecule has 0 aliphatic carbocycles. The van der Waals surface area contributed by atoms with Crippen LogP contribution in [0, 0.1) is 5.82 Å². The van der Waals surface area contributed by atoms with Crippen molar-refractivity contribution in [2.24, 2.45) is 0 Å². The smallest absolute Gasteiger partial charge is 0.227 e. The summed E-state index contributed by atoms with van der Waals surface area (Å²) >= 11 is 5.97.